The average Bonchev–Trinajstić information content (AvgIpc) is 2.86. The Morgan fingerprint density at radius 3 is 2.06 bits per heavy atom. The Kier molecular flexibility index (Phi) is 8.92. The van der Waals surface area contributed by atoms with Gasteiger partial charge in [0.25, 0.3) is 15.9 Å². The molecule has 0 radical (unpaired) electrons. The van der Waals surface area contributed by atoms with Crippen LogP contribution in [0.3, 0.4) is 0 Å². The van der Waals surface area contributed by atoms with E-state index in [2.05, 4.69) is 0 Å². The minimum absolute atomic E-state index is 0.00957. The van der Waals surface area contributed by atoms with Crippen LogP contribution >= 0.6 is 0 Å². The number of carbonyl (C=O) groups is 1. The fraction of sp³-hybridized carbons (Fsp3) is 0.222. The summed E-state index contributed by atoms with van der Waals surface area (Å²) in [5.74, 6) is 1.00. The topological polar surface area (TPSA) is 82.1 Å². The van der Waals surface area contributed by atoms with E-state index >= 15 is 0 Å². The fourth-order valence-corrected chi connectivity index (χ4v) is 4.74. The van der Waals surface area contributed by atoms with E-state index in [0.29, 0.717) is 42.6 Å². The highest BCUT2D eigenvalue weighted by Gasteiger charge is 2.29. The second-order valence-electron chi connectivity index (χ2n) is 7.25. The molecule has 0 N–H and O–H groups in total. The molecule has 0 heterocycles. The number of rotatable bonds is 11. The first-order valence-corrected chi connectivity index (χ1v) is 12.8. The summed E-state index contributed by atoms with van der Waals surface area (Å²) in [4.78, 5) is 13.3. The first-order valence-electron chi connectivity index (χ1n) is 11.4. The lowest BCUT2D eigenvalue weighted by Crippen LogP contribution is -2.35. The molecule has 8 heteroatoms. The molecule has 0 atom stereocenters. The molecule has 0 aliphatic heterocycles. The fourth-order valence-electron chi connectivity index (χ4n) is 3.33. The van der Waals surface area contributed by atoms with E-state index in [1.165, 1.54) is 18.2 Å². The number of nitrogens with zero attached hydrogens (tertiary/aromatic N) is 1. The highest BCUT2D eigenvalue weighted by Crippen LogP contribution is 2.30. The van der Waals surface area contributed by atoms with Crippen molar-refractivity contribution >= 4 is 27.7 Å². The number of hydrogen-bond acceptors (Lipinski definition) is 6. The SMILES string of the molecule is CCOc1ccc(N(C(=O)/C=C/c2ccc(OCC)c(OCC)c2)S(=O)(=O)c2ccccc2)cc1. The number of amides is 1. The summed E-state index contributed by atoms with van der Waals surface area (Å²) < 4.78 is 44.3. The molecular weight excluding hydrogens is 466 g/mol. The molecule has 0 aliphatic carbocycles. The van der Waals surface area contributed by atoms with Crippen LogP contribution in [-0.4, -0.2) is 34.1 Å². The van der Waals surface area contributed by atoms with Gasteiger partial charge in [-0.25, -0.2) is 8.42 Å². The third-order valence-corrected chi connectivity index (χ3v) is 6.59. The van der Waals surface area contributed by atoms with E-state index in [0.717, 1.165) is 4.31 Å². The molecule has 0 bridgehead atoms. The summed E-state index contributed by atoms with van der Waals surface area (Å²) in [5.41, 5.74) is 0.864. The molecule has 0 aliphatic rings. The Hall–Kier alpha value is -3.78. The predicted octanol–water partition coefficient (Wildman–Crippen LogP) is 5.32. The highest BCUT2D eigenvalue weighted by atomic mass is 32.2. The van der Waals surface area contributed by atoms with E-state index < -0.39 is 15.9 Å². The maximum atomic E-state index is 13.5. The van der Waals surface area contributed by atoms with Gasteiger partial charge in [0.05, 0.1) is 30.4 Å². The Morgan fingerprint density at radius 2 is 1.43 bits per heavy atom. The normalized spacial score (nSPS) is 11.3. The Labute approximate surface area is 206 Å². The summed E-state index contributed by atoms with van der Waals surface area (Å²) in [6, 6.07) is 19.4. The molecular formula is C27H29NO6S. The summed E-state index contributed by atoms with van der Waals surface area (Å²) >= 11 is 0. The van der Waals surface area contributed by atoms with Crippen LogP contribution in [-0.2, 0) is 14.8 Å². The second-order valence-corrected chi connectivity index (χ2v) is 9.04. The summed E-state index contributed by atoms with van der Waals surface area (Å²) in [6.07, 6.45) is 2.77. The molecule has 0 spiro atoms. The van der Waals surface area contributed by atoms with Crippen molar-refractivity contribution in [3.8, 4) is 17.2 Å². The van der Waals surface area contributed by atoms with E-state index in [-0.39, 0.29) is 10.6 Å². The first-order chi connectivity index (χ1) is 16.9. The quantitative estimate of drug-likeness (QED) is 0.335. The highest BCUT2D eigenvalue weighted by molar-refractivity contribution is 7.93. The van der Waals surface area contributed by atoms with Gasteiger partial charge in [0, 0.05) is 6.08 Å². The maximum absolute atomic E-state index is 13.5. The molecule has 0 saturated heterocycles. The van der Waals surface area contributed by atoms with Gasteiger partial charge in [-0.05, 0) is 80.9 Å². The van der Waals surface area contributed by atoms with Crippen LogP contribution in [0.2, 0.25) is 0 Å². The van der Waals surface area contributed by atoms with Gasteiger partial charge in [0.1, 0.15) is 5.75 Å². The molecule has 0 aromatic heterocycles. The minimum atomic E-state index is -4.17. The van der Waals surface area contributed by atoms with Gasteiger partial charge in [0.15, 0.2) is 11.5 Å². The summed E-state index contributed by atoms with van der Waals surface area (Å²) in [5, 5.41) is 0. The lowest BCUT2D eigenvalue weighted by molar-refractivity contribution is -0.113. The number of ether oxygens (including phenoxy) is 3. The number of hydrogen-bond donors (Lipinski definition) is 0. The smallest absolute Gasteiger partial charge is 0.271 e. The van der Waals surface area contributed by atoms with Gasteiger partial charge in [0.2, 0.25) is 0 Å². The third-order valence-electron chi connectivity index (χ3n) is 4.85. The largest absolute Gasteiger partial charge is 0.494 e. The Balaban J connectivity index is 1.98. The molecule has 35 heavy (non-hydrogen) atoms. The molecule has 3 aromatic carbocycles. The molecule has 7 nitrogen and oxygen atoms in total. The standard InChI is InChI=1S/C27H29NO6S/c1-4-32-23-16-14-22(15-17-23)28(35(30,31)24-10-8-7-9-11-24)27(29)19-13-21-12-18-25(33-5-2)26(20-21)34-6-3/h7-20H,4-6H2,1-3H3/b19-13+. The molecule has 3 rings (SSSR count). The van der Waals surface area contributed by atoms with Crippen LogP contribution in [0.5, 0.6) is 17.2 Å². The van der Waals surface area contributed by atoms with Crippen LogP contribution in [0.4, 0.5) is 5.69 Å². The third kappa shape index (κ3) is 6.42. The molecule has 184 valence electrons. The first kappa shape index (κ1) is 25.8. The zero-order chi connectivity index (χ0) is 25.3. The number of sulfonamides is 1. The van der Waals surface area contributed by atoms with Crippen molar-refractivity contribution in [3.05, 3.63) is 84.4 Å². The molecule has 0 unspecified atom stereocenters. The number of benzene rings is 3. The van der Waals surface area contributed by atoms with Crippen LogP contribution < -0.4 is 18.5 Å². The van der Waals surface area contributed by atoms with Crippen LogP contribution in [0, 0.1) is 0 Å². The van der Waals surface area contributed by atoms with E-state index in [9.17, 15) is 13.2 Å². The van der Waals surface area contributed by atoms with E-state index in [4.69, 9.17) is 14.2 Å². The van der Waals surface area contributed by atoms with Crippen molar-refractivity contribution < 1.29 is 27.4 Å². The van der Waals surface area contributed by atoms with Crippen molar-refractivity contribution in [3.63, 3.8) is 0 Å². The zero-order valence-corrected chi connectivity index (χ0v) is 20.8. The average molecular weight is 496 g/mol. The van der Waals surface area contributed by atoms with Crippen molar-refractivity contribution in [2.45, 2.75) is 25.7 Å². The predicted molar refractivity (Wildman–Crippen MR) is 137 cm³/mol. The number of carbonyl (C=O) groups excluding carboxylic acids is 1. The van der Waals surface area contributed by atoms with E-state index in [1.54, 1.807) is 66.7 Å². The van der Waals surface area contributed by atoms with E-state index in [1.807, 2.05) is 20.8 Å². The minimum Gasteiger partial charge on any atom is -0.494 e. The lowest BCUT2D eigenvalue weighted by atomic mass is 10.2. The Morgan fingerprint density at radius 1 is 0.800 bits per heavy atom. The molecule has 1 amide bonds. The van der Waals surface area contributed by atoms with Gasteiger partial charge >= 0.3 is 0 Å². The molecule has 0 fully saturated rings. The van der Waals surface area contributed by atoms with Gasteiger partial charge in [-0.1, -0.05) is 24.3 Å². The summed E-state index contributed by atoms with van der Waals surface area (Å²) in [7, 11) is -4.17. The van der Waals surface area contributed by atoms with Gasteiger partial charge in [-0.15, -0.1) is 0 Å². The summed E-state index contributed by atoms with van der Waals surface area (Å²) in [6.45, 7) is 7.01. The van der Waals surface area contributed by atoms with Crippen LogP contribution in [0.15, 0.2) is 83.8 Å². The van der Waals surface area contributed by atoms with Crippen molar-refractivity contribution in [1.82, 2.24) is 0 Å². The van der Waals surface area contributed by atoms with Crippen molar-refractivity contribution in [2.75, 3.05) is 24.1 Å². The van der Waals surface area contributed by atoms with Crippen LogP contribution in [0.25, 0.3) is 6.08 Å². The van der Waals surface area contributed by atoms with Crippen LogP contribution in [0.1, 0.15) is 26.3 Å². The molecule has 0 saturated carbocycles. The molecule has 3 aromatic rings. The monoisotopic (exact) mass is 495 g/mol. The Bertz CT molecular complexity index is 1250. The maximum Gasteiger partial charge on any atom is 0.271 e. The van der Waals surface area contributed by atoms with Gasteiger partial charge < -0.3 is 14.2 Å². The lowest BCUT2D eigenvalue weighted by Gasteiger charge is -2.21. The second kappa shape index (κ2) is 12.1. The van der Waals surface area contributed by atoms with Crippen molar-refractivity contribution in [1.29, 1.82) is 0 Å². The van der Waals surface area contributed by atoms with Gasteiger partial charge in [-0.2, -0.15) is 4.31 Å². The number of anilines is 1. The van der Waals surface area contributed by atoms with Crippen molar-refractivity contribution in [2.24, 2.45) is 0 Å². The zero-order valence-electron chi connectivity index (χ0n) is 20.0. The van der Waals surface area contributed by atoms with Gasteiger partial charge in [-0.3, -0.25) is 4.79 Å².